The minimum absolute atomic E-state index is 0.0237. The number of para-hydroxylation sites is 1. The van der Waals surface area contributed by atoms with E-state index in [9.17, 15) is 9.59 Å². The minimum atomic E-state index is -0.197. The van der Waals surface area contributed by atoms with Crippen molar-refractivity contribution in [2.75, 3.05) is 18.4 Å². The summed E-state index contributed by atoms with van der Waals surface area (Å²) < 4.78 is 0. The highest BCUT2D eigenvalue weighted by Crippen LogP contribution is 2.31. The van der Waals surface area contributed by atoms with Crippen LogP contribution in [-0.4, -0.2) is 34.8 Å². The van der Waals surface area contributed by atoms with Crippen LogP contribution < -0.4 is 5.32 Å². The summed E-state index contributed by atoms with van der Waals surface area (Å²) in [5.74, 6) is 0.0237. The lowest BCUT2D eigenvalue weighted by atomic mass is 10.1. The van der Waals surface area contributed by atoms with Crippen molar-refractivity contribution in [1.82, 2.24) is 9.80 Å². The number of hydrogen-bond acceptors (Lipinski definition) is 2. The molecule has 0 saturated heterocycles. The maximum atomic E-state index is 12.4. The predicted octanol–water partition coefficient (Wildman–Crippen LogP) is 4.19. The molecule has 0 bridgehead atoms. The summed E-state index contributed by atoms with van der Waals surface area (Å²) in [5, 5.41) is 2.89. The Labute approximate surface area is 153 Å². The van der Waals surface area contributed by atoms with Crippen molar-refractivity contribution in [1.29, 1.82) is 0 Å². The van der Waals surface area contributed by atoms with E-state index in [4.69, 9.17) is 0 Å². The van der Waals surface area contributed by atoms with E-state index in [2.05, 4.69) is 11.9 Å². The molecule has 1 N–H and O–H groups in total. The van der Waals surface area contributed by atoms with Gasteiger partial charge >= 0.3 is 6.03 Å². The molecular formula is C21H23N3O2. The number of nitrogens with zero attached hydrogens (tertiary/aromatic N) is 2. The van der Waals surface area contributed by atoms with Gasteiger partial charge < -0.3 is 10.2 Å². The summed E-state index contributed by atoms with van der Waals surface area (Å²) in [4.78, 5) is 28.2. The van der Waals surface area contributed by atoms with Gasteiger partial charge in [0.1, 0.15) is 0 Å². The highest BCUT2D eigenvalue weighted by Gasteiger charge is 2.26. The van der Waals surface area contributed by atoms with Crippen LogP contribution in [-0.2, 0) is 6.54 Å². The molecule has 0 radical (unpaired) electrons. The molecule has 26 heavy (non-hydrogen) atoms. The fourth-order valence-electron chi connectivity index (χ4n) is 3.09. The molecule has 0 atom stereocenters. The Kier molecular flexibility index (Phi) is 5.07. The molecule has 5 heteroatoms. The summed E-state index contributed by atoms with van der Waals surface area (Å²) in [6, 6.07) is 14.8. The van der Waals surface area contributed by atoms with Crippen molar-refractivity contribution < 1.29 is 9.59 Å². The van der Waals surface area contributed by atoms with Gasteiger partial charge in [0, 0.05) is 29.9 Å². The Balaban J connectivity index is 1.76. The molecule has 0 unspecified atom stereocenters. The zero-order chi connectivity index (χ0) is 18.7. The summed E-state index contributed by atoms with van der Waals surface area (Å²) in [6.45, 7) is 9.78. The quantitative estimate of drug-likeness (QED) is 0.880. The number of nitrogens with one attached hydrogen (secondary N) is 1. The van der Waals surface area contributed by atoms with E-state index in [-0.39, 0.29) is 11.9 Å². The standard InChI is InChI=1S/C21H23N3O2/c1-4-23(5-2)20(25)17-12-10-16(11-13-17)14-24-15(3)18-8-6-7-9-19(18)22-21(24)26/h6-13H,3-5,14H2,1-2H3,(H,22,26). The number of amides is 3. The van der Waals surface area contributed by atoms with Crippen LogP contribution in [0.15, 0.2) is 55.1 Å². The van der Waals surface area contributed by atoms with Gasteiger partial charge in [-0.2, -0.15) is 0 Å². The van der Waals surface area contributed by atoms with Gasteiger partial charge in [0.2, 0.25) is 0 Å². The zero-order valence-electron chi connectivity index (χ0n) is 15.2. The fourth-order valence-corrected chi connectivity index (χ4v) is 3.09. The molecular weight excluding hydrogens is 326 g/mol. The van der Waals surface area contributed by atoms with Gasteiger partial charge in [-0.1, -0.05) is 36.9 Å². The monoisotopic (exact) mass is 349 g/mol. The fraction of sp³-hybridized carbons (Fsp3) is 0.238. The third-order valence-electron chi connectivity index (χ3n) is 4.64. The third-order valence-corrected chi connectivity index (χ3v) is 4.64. The number of fused-ring (bicyclic) bond motifs is 1. The number of carbonyl (C=O) groups excluding carboxylic acids is 2. The van der Waals surface area contributed by atoms with E-state index < -0.39 is 0 Å². The van der Waals surface area contributed by atoms with Gasteiger partial charge in [-0.05, 0) is 37.6 Å². The van der Waals surface area contributed by atoms with Crippen molar-refractivity contribution in [3.8, 4) is 0 Å². The molecule has 2 aromatic carbocycles. The first-order valence-corrected chi connectivity index (χ1v) is 8.80. The topological polar surface area (TPSA) is 52.7 Å². The maximum absolute atomic E-state index is 12.4. The Morgan fingerprint density at radius 2 is 1.73 bits per heavy atom. The average Bonchev–Trinajstić information content (AvgIpc) is 2.66. The molecule has 0 spiro atoms. The average molecular weight is 349 g/mol. The molecule has 134 valence electrons. The number of urea groups is 1. The van der Waals surface area contributed by atoms with Gasteiger partial charge in [-0.15, -0.1) is 0 Å². The molecule has 0 saturated carbocycles. The van der Waals surface area contributed by atoms with Crippen molar-refractivity contribution in [2.45, 2.75) is 20.4 Å². The lowest BCUT2D eigenvalue weighted by molar-refractivity contribution is 0.0773. The summed E-state index contributed by atoms with van der Waals surface area (Å²) in [5.41, 5.74) is 3.97. The smallest absolute Gasteiger partial charge is 0.326 e. The maximum Gasteiger partial charge on any atom is 0.326 e. The lowest BCUT2D eigenvalue weighted by Crippen LogP contribution is -2.36. The second kappa shape index (κ2) is 7.44. The first-order valence-electron chi connectivity index (χ1n) is 8.80. The van der Waals surface area contributed by atoms with Crippen LogP contribution in [0.4, 0.5) is 10.5 Å². The van der Waals surface area contributed by atoms with Crippen LogP contribution in [0, 0.1) is 0 Å². The summed E-state index contributed by atoms with van der Waals surface area (Å²) in [6.07, 6.45) is 0. The normalized spacial score (nSPS) is 13.2. The second-order valence-electron chi connectivity index (χ2n) is 6.18. The van der Waals surface area contributed by atoms with E-state index in [0.717, 1.165) is 16.8 Å². The number of carbonyl (C=O) groups is 2. The predicted molar refractivity (Wildman–Crippen MR) is 104 cm³/mol. The molecule has 3 amide bonds. The van der Waals surface area contributed by atoms with Crippen LogP contribution in [0.25, 0.3) is 5.70 Å². The van der Waals surface area contributed by atoms with Gasteiger partial charge in [-0.25, -0.2) is 4.79 Å². The first kappa shape index (κ1) is 17.7. The first-order chi connectivity index (χ1) is 12.5. The molecule has 0 aromatic heterocycles. The number of rotatable bonds is 5. The van der Waals surface area contributed by atoms with Crippen molar-refractivity contribution in [3.63, 3.8) is 0 Å². The molecule has 1 aliphatic heterocycles. The van der Waals surface area contributed by atoms with Crippen molar-refractivity contribution >= 4 is 23.3 Å². The molecule has 5 nitrogen and oxygen atoms in total. The molecule has 1 aliphatic rings. The number of hydrogen-bond donors (Lipinski definition) is 1. The molecule has 0 fully saturated rings. The van der Waals surface area contributed by atoms with Crippen LogP contribution in [0.1, 0.15) is 35.3 Å². The van der Waals surface area contributed by atoms with Gasteiger partial charge in [0.25, 0.3) is 5.91 Å². The zero-order valence-corrected chi connectivity index (χ0v) is 15.2. The Bertz CT molecular complexity index is 839. The largest absolute Gasteiger partial charge is 0.339 e. The van der Waals surface area contributed by atoms with Crippen molar-refractivity contribution in [2.24, 2.45) is 0 Å². The van der Waals surface area contributed by atoms with Crippen LogP contribution in [0.5, 0.6) is 0 Å². The van der Waals surface area contributed by atoms with Gasteiger partial charge in [0.05, 0.1) is 12.2 Å². The van der Waals surface area contributed by atoms with Crippen LogP contribution in [0.2, 0.25) is 0 Å². The Morgan fingerprint density at radius 1 is 1.08 bits per heavy atom. The Hall–Kier alpha value is -3.08. The third kappa shape index (κ3) is 3.33. The molecule has 3 rings (SSSR count). The van der Waals surface area contributed by atoms with Crippen molar-refractivity contribution in [3.05, 3.63) is 71.8 Å². The highest BCUT2D eigenvalue weighted by molar-refractivity contribution is 6.02. The Morgan fingerprint density at radius 3 is 2.38 bits per heavy atom. The molecule has 2 aromatic rings. The SMILES string of the molecule is C=C1c2ccccc2NC(=O)N1Cc1ccc(C(=O)N(CC)CC)cc1. The second-order valence-corrected chi connectivity index (χ2v) is 6.18. The number of anilines is 1. The van der Waals surface area contributed by atoms with E-state index in [1.807, 2.05) is 62.4 Å². The van der Waals surface area contributed by atoms with E-state index in [1.165, 1.54) is 0 Å². The summed E-state index contributed by atoms with van der Waals surface area (Å²) >= 11 is 0. The highest BCUT2D eigenvalue weighted by atomic mass is 16.2. The van der Waals surface area contributed by atoms with Gasteiger partial charge in [0.15, 0.2) is 0 Å². The van der Waals surface area contributed by atoms with E-state index in [0.29, 0.717) is 30.9 Å². The van der Waals surface area contributed by atoms with E-state index in [1.54, 1.807) is 9.80 Å². The minimum Gasteiger partial charge on any atom is -0.339 e. The van der Waals surface area contributed by atoms with Crippen LogP contribution >= 0.6 is 0 Å². The lowest BCUT2D eigenvalue weighted by Gasteiger charge is -2.31. The van der Waals surface area contributed by atoms with E-state index >= 15 is 0 Å². The number of benzene rings is 2. The van der Waals surface area contributed by atoms with Gasteiger partial charge in [-0.3, -0.25) is 9.69 Å². The summed E-state index contributed by atoms with van der Waals surface area (Å²) in [7, 11) is 0. The van der Waals surface area contributed by atoms with Crippen LogP contribution in [0.3, 0.4) is 0 Å². The molecule has 1 heterocycles. The molecule has 0 aliphatic carbocycles.